The number of fused-ring (bicyclic) bond motifs is 1. The summed E-state index contributed by atoms with van der Waals surface area (Å²) in [4.78, 5) is 59.2. The molecule has 2 aliphatic rings. The van der Waals surface area contributed by atoms with Gasteiger partial charge in [0.1, 0.15) is 18.0 Å². The number of hydrogen-bond donors (Lipinski definition) is 2. The first kappa shape index (κ1) is 40.9. The fourth-order valence-electron chi connectivity index (χ4n) is 7.58. The number of hydrazine groups is 1. The van der Waals surface area contributed by atoms with Crippen molar-refractivity contribution in [1.29, 1.82) is 0 Å². The lowest BCUT2D eigenvalue weighted by atomic mass is 9.81. The Hall–Kier alpha value is -4.74. The second kappa shape index (κ2) is 18.5. The standard InChI is InChI=1S/C44H48Cl2N4O6/c1-5-7-25-55-43(53)36-38(30-15-11-28(4)12-16-30)50-40(44(54)56-26-8-6-2)35(41(51)47-33-21-17-31(45)18-22-33)37(29-13-9-27(3)10-14-29)49(50)39(36)42(52)48-34-23-19-32(46)20-24-34/h9-24,35-40H,5-8,25-26H2,1-4H3,(H,47,51)(H,48,52)/t35-,36-,37+,38-,39+,40+/m0/s1. The number of carbonyl (C=O) groups is 4. The molecule has 4 aromatic carbocycles. The molecule has 0 unspecified atom stereocenters. The monoisotopic (exact) mass is 798 g/mol. The van der Waals surface area contributed by atoms with Gasteiger partial charge in [-0.2, -0.15) is 0 Å². The summed E-state index contributed by atoms with van der Waals surface area (Å²) in [7, 11) is 0. The zero-order valence-electron chi connectivity index (χ0n) is 32.0. The minimum atomic E-state index is -1.25. The Balaban J connectivity index is 1.59. The van der Waals surface area contributed by atoms with Gasteiger partial charge in [0.15, 0.2) is 0 Å². The molecule has 2 aliphatic heterocycles. The lowest BCUT2D eigenvalue weighted by Crippen LogP contribution is -2.48. The molecule has 2 heterocycles. The molecule has 2 fully saturated rings. The van der Waals surface area contributed by atoms with E-state index >= 15 is 0 Å². The van der Waals surface area contributed by atoms with Gasteiger partial charge in [-0.3, -0.25) is 19.2 Å². The maximum atomic E-state index is 15.0. The minimum absolute atomic E-state index is 0.137. The van der Waals surface area contributed by atoms with Gasteiger partial charge in [0.2, 0.25) is 11.8 Å². The normalized spacial score (nSPS) is 22.0. The molecule has 2 amide bonds. The molecular formula is C44H48Cl2N4O6. The summed E-state index contributed by atoms with van der Waals surface area (Å²) in [6.45, 7) is 8.20. The zero-order chi connectivity index (χ0) is 39.9. The molecule has 294 valence electrons. The molecule has 2 N–H and O–H groups in total. The third kappa shape index (κ3) is 8.94. The molecule has 10 nitrogen and oxygen atoms in total. The molecule has 56 heavy (non-hydrogen) atoms. The number of ether oxygens (including phenoxy) is 2. The van der Waals surface area contributed by atoms with Crippen molar-refractivity contribution < 1.29 is 28.7 Å². The highest BCUT2D eigenvalue weighted by Gasteiger charge is 2.68. The lowest BCUT2D eigenvalue weighted by molar-refractivity contribution is -0.158. The first-order chi connectivity index (χ1) is 27.0. The molecule has 12 heteroatoms. The summed E-state index contributed by atoms with van der Waals surface area (Å²) in [5, 5.41) is 10.5. The number of carbonyl (C=O) groups excluding carboxylic acids is 4. The van der Waals surface area contributed by atoms with Gasteiger partial charge in [-0.15, -0.1) is 0 Å². The van der Waals surface area contributed by atoms with E-state index in [4.69, 9.17) is 32.7 Å². The fourth-order valence-corrected chi connectivity index (χ4v) is 7.83. The first-order valence-corrected chi connectivity index (χ1v) is 19.9. The smallest absolute Gasteiger partial charge is 0.325 e. The zero-order valence-corrected chi connectivity index (χ0v) is 33.6. The number of esters is 2. The van der Waals surface area contributed by atoms with Crippen LogP contribution in [0.2, 0.25) is 10.0 Å². The highest BCUT2D eigenvalue weighted by molar-refractivity contribution is 6.31. The Morgan fingerprint density at radius 2 is 0.964 bits per heavy atom. The molecule has 2 saturated heterocycles. The SMILES string of the molecule is CCCCOC(=O)[C@@H]1[C@H](C(=O)Nc2ccc(Cl)cc2)N2[C@H](c3ccc(C)cc3)[C@H](C(=O)Nc3ccc(Cl)cc3)[C@H](C(=O)OCCCC)N2[C@H]1c1ccc(C)cc1. The Morgan fingerprint density at radius 1 is 0.554 bits per heavy atom. The molecule has 0 bridgehead atoms. The Labute approximate surface area is 338 Å². The molecule has 0 aliphatic carbocycles. The molecule has 6 rings (SSSR count). The van der Waals surface area contributed by atoms with Crippen LogP contribution in [-0.2, 0) is 28.7 Å². The second-order valence-electron chi connectivity index (χ2n) is 14.4. The molecule has 6 atom stereocenters. The number of hydrogen-bond acceptors (Lipinski definition) is 8. The summed E-state index contributed by atoms with van der Waals surface area (Å²) in [5.74, 6) is -4.44. The highest BCUT2D eigenvalue weighted by atomic mass is 35.5. The quantitative estimate of drug-likeness (QED) is 0.0961. The van der Waals surface area contributed by atoms with E-state index in [2.05, 4.69) is 10.6 Å². The van der Waals surface area contributed by atoms with Crippen LogP contribution < -0.4 is 10.6 Å². The number of halogens is 2. The van der Waals surface area contributed by atoms with Crippen LogP contribution in [0.4, 0.5) is 11.4 Å². The van der Waals surface area contributed by atoms with Gasteiger partial charge in [-0.25, -0.2) is 10.0 Å². The third-order valence-electron chi connectivity index (χ3n) is 10.4. The van der Waals surface area contributed by atoms with Crippen molar-refractivity contribution in [2.24, 2.45) is 11.8 Å². The number of benzene rings is 4. The maximum absolute atomic E-state index is 15.0. The summed E-state index contributed by atoms with van der Waals surface area (Å²) in [6, 6.07) is 24.4. The number of unbranched alkanes of at least 4 members (excludes halogenated alkanes) is 2. The van der Waals surface area contributed by atoms with Crippen molar-refractivity contribution in [1.82, 2.24) is 10.0 Å². The Morgan fingerprint density at radius 3 is 1.43 bits per heavy atom. The van der Waals surface area contributed by atoms with E-state index < -0.39 is 59.8 Å². The topological polar surface area (TPSA) is 117 Å². The van der Waals surface area contributed by atoms with Crippen LogP contribution in [0.15, 0.2) is 97.1 Å². The number of nitrogens with one attached hydrogen (secondary N) is 2. The summed E-state index contributed by atoms with van der Waals surface area (Å²) in [5.41, 5.74) is 4.25. The largest absolute Gasteiger partial charge is 0.465 e. The van der Waals surface area contributed by atoms with Crippen LogP contribution in [0, 0.1) is 25.7 Å². The molecular weight excluding hydrogens is 751 g/mol. The average Bonchev–Trinajstić information content (AvgIpc) is 3.71. The van der Waals surface area contributed by atoms with Crippen LogP contribution in [0.1, 0.15) is 73.9 Å². The summed E-state index contributed by atoms with van der Waals surface area (Å²) < 4.78 is 11.9. The van der Waals surface area contributed by atoms with E-state index in [0.29, 0.717) is 45.4 Å². The van der Waals surface area contributed by atoms with Crippen molar-refractivity contribution in [3.8, 4) is 0 Å². The summed E-state index contributed by atoms with van der Waals surface area (Å²) >= 11 is 12.4. The van der Waals surface area contributed by atoms with E-state index in [1.807, 2.05) is 76.2 Å². The van der Waals surface area contributed by atoms with E-state index in [1.54, 1.807) is 58.5 Å². The van der Waals surface area contributed by atoms with Gasteiger partial charge in [0.25, 0.3) is 0 Å². The third-order valence-corrected chi connectivity index (χ3v) is 10.9. The Kier molecular flexibility index (Phi) is 13.5. The van der Waals surface area contributed by atoms with Crippen LogP contribution in [0.5, 0.6) is 0 Å². The summed E-state index contributed by atoms with van der Waals surface area (Å²) in [6.07, 6.45) is 2.83. The number of anilines is 2. The van der Waals surface area contributed by atoms with E-state index in [9.17, 15) is 19.2 Å². The van der Waals surface area contributed by atoms with E-state index in [0.717, 1.165) is 24.0 Å². The van der Waals surface area contributed by atoms with Crippen LogP contribution >= 0.6 is 23.2 Å². The minimum Gasteiger partial charge on any atom is -0.465 e. The molecule has 0 spiro atoms. The van der Waals surface area contributed by atoms with E-state index in [-0.39, 0.29) is 13.2 Å². The maximum Gasteiger partial charge on any atom is 0.325 e. The van der Waals surface area contributed by atoms with E-state index in [1.165, 1.54) is 0 Å². The first-order valence-electron chi connectivity index (χ1n) is 19.2. The van der Waals surface area contributed by atoms with Crippen molar-refractivity contribution in [2.45, 2.75) is 77.5 Å². The number of aryl methyl sites for hydroxylation is 2. The number of amides is 2. The van der Waals surface area contributed by atoms with Gasteiger partial charge < -0.3 is 20.1 Å². The van der Waals surface area contributed by atoms with Gasteiger partial charge in [0.05, 0.1) is 31.2 Å². The van der Waals surface area contributed by atoms with Gasteiger partial charge in [-0.1, -0.05) is 110 Å². The predicted molar refractivity (Wildman–Crippen MR) is 218 cm³/mol. The molecule has 0 radical (unpaired) electrons. The van der Waals surface area contributed by atoms with Gasteiger partial charge in [0, 0.05) is 21.4 Å². The van der Waals surface area contributed by atoms with Crippen LogP contribution in [-0.4, -0.2) is 59.1 Å². The predicted octanol–water partition coefficient (Wildman–Crippen LogP) is 8.87. The van der Waals surface area contributed by atoms with Crippen molar-refractivity contribution in [2.75, 3.05) is 23.8 Å². The fraction of sp³-hybridized carbons (Fsp3) is 0.364. The van der Waals surface area contributed by atoms with Gasteiger partial charge in [-0.05, 0) is 86.3 Å². The number of nitrogens with zero attached hydrogens (tertiary/aromatic N) is 2. The molecule has 0 saturated carbocycles. The van der Waals surface area contributed by atoms with Crippen molar-refractivity contribution in [3.05, 3.63) is 129 Å². The van der Waals surface area contributed by atoms with Gasteiger partial charge >= 0.3 is 11.9 Å². The second-order valence-corrected chi connectivity index (χ2v) is 15.3. The highest BCUT2D eigenvalue weighted by Crippen LogP contribution is 2.56. The lowest BCUT2D eigenvalue weighted by Gasteiger charge is -2.33. The average molecular weight is 800 g/mol. The Bertz CT molecular complexity index is 1990. The van der Waals surface area contributed by atoms with Crippen LogP contribution in [0.25, 0.3) is 0 Å². The molecule has 0 aromatic heterocycles. The van der Waals surface area contributed by atoms with Crippen LogP contribution in [0.3, 0.4) is 0 Å². The molecule has 4 aromatic rings. The van der Waals surface area contributed by atoms with Crippen molar-refractivity contribution in [3.63, 3.8) is 0 Å². The van der Waals surface area contributed by atoms with Crippen molar-refractivity contribution >= 4 is 58.3 Å². The number of rotatable bonds is 14.